The van der Waals surface area contributed by atoms with E-state index in [1.165, 1.54) is 36.7 Å². The average molecular weight is 378 g/mol. The molecule has 0 aliphatic rings. The second-order valence-corrected chi connectivity index (χ2v) is 7.35. The largest absolute Gasteiger partial charge is 0.461 e. The summed E-state index contributed by atoms with van der Waals surface area (Å²) >= 11 is 0. The Balaban J connectivity index is 2.04. The van der Waals surface area contributed by atoms with Gasteiger partial charge in [-0.2, -0.15) is 0 Å². The van der Waals surface area contributed by atoms with Crippen LogP contribution in [0, 0.1) is 19.7 Å². The van der Waals surface area contributed by atoms with Gasteiger partial charge in [0, 0.05) is 11.1 Å². The number of fused-ring (bicyclic) bond motifs is 1. The first-order valence-corrected chi connectivity index (χ1v) is 8.98. The molecule has 3 N–H and O–H groups in total. The molecule has 1 amide bonds. The molecule has 3 rings (SSSR count). The van der Waals surface area contributed by atoms with E-state index in [1.807, 2.05) is 0 Å². The second-order valence-electron chi connectivity index (χ2n) is 5.70. The summed E-state index contributed by atoms with van der Waals surface area (Å²) in [7, 11) is -3.96. The number of carbonyl (C=O) groups is 1. The van der Waals surface area contributed by atoms with Crippen LogP contribution in [0.3, 0.4) is 0 Å². The summed E-state index contributed by atoms with van der Waals surface area (Å²) in [6, 6.07) is 7.77. The lowest BCUT2D eigenvalue weighted by Crippen LogP contribution is -2.19. The topological polar surface area (TPSA) is 109 Å². The molecule has 1 aromatic heterocycles. The molecule has 0 radical (unpaired) electrons. The van der Waals surface area contributed by atoms with Gasteiger partial charge in [-0.1, -0.05) is 0 Å². The van der Waals surface area contributed by atoms with Crippen LogP contribution >= 0.6 is 0 Å². The number of hydroxylamine groups is 1. The number of hydrogen-bond donors (Lipinski definition) is 3. The van der Waals surface area contributed by atoms with Crippen LogP contribution in [0.25, 0.3) is 11.0 Å². The molecule has 0 fully saturated rings. The Kier molecular flexibility index (Phi) is 4.43. The van der Waals surface area contributed by atoms with Gasteiger partial charge >= 0.3 is 0 Å². The van der Waals surface area contributed by atoms with Crippen LogP contribution in [0.15, 0.2) is 45.7 Å². The lowest BCUT2D eigenvalue weighted by molar-refractivity contribution is 0.0706. The number of halogens is 1. The highest BCUT2D eigenvalue weighted by Gasteiger charge is 2.21. The van der Waals surface area contributed by atoms with Gasteiger partial charge in [0.05, 0.1) is 10.5 Å². The van der Waals surface area contributed by atoms with Gasteiger partial charge < -0.3 is 4.42 Å². The van der Waals surface area contributed by atoms with Crippen molar-refractivity contribution in [2.75, 3.05) is 4.72 Å². The van der Waals surface area contributed by atoms with Crippen molar-refractivity contribution in [3.05, 3.63) is 59.1 Å². The third-order valence-electron chi connectivity index (χ3n) is 3.87. The number of rotatable bonds is 4. The summed E-state index contributed by atoms with van der Waals surface area (Å²) < 4.78 is 46.2. The summed E-state index contributed by atoms with van der Waals surface area (Å²) in [5, 5.41) is 9.20. The predicted octanol–water partition coefficient (Wildman–Crippen LogP) is 3.11. The molecule has 7 nitrogen and oxygen atoms in total. The van der Waals surface area contributed by atoms with Gasteiger partial charge in [0.1, 0.15) is 17.2 Å². The smallest absolute Gasteiger partial charge is 0.278 e. The molecule has 1 heterocycles. The molecule has 0 spiro atoms. The van der Waals surface area contributed by atoms with Crippen molar-refractivity contribution in [3.8, 4) is 0 Å². The van der Waals surface area contributed by atoms with Crippen molar-refractivity contribution >= 4 is 32.6 Å². The molecule has 9 heteroatoms. The fourth-order valence-electron chi connectivity index (χ4n) is 2.75. The Morgan fingerprint density at radius 3 is 2.54 bits per heavy atom. The van der Waals surface area contributed by atoms with Crippen molar-refractivity contribution in [1.82, 2.24) is 5.48 Å². The number of anilines is 1. The van der Waals surface area contributed by atoms with Crippen molar-refractivity contribution in [2.24, 2.45) is 0 Å². The Morgan fingerprint density at radius 1 is 1.15 bits per heavy atom. The Morgan fingerprint density at radius 2 is 1.88 bits per heavy atom. The molecular formula is C17H15FN2O5S. The summed E-state index contributed by atoms with van der Waals surface area (Å²) in [6.45, 7) is 3.04. The minimum atomic E-state index is -3.96. The maximum Gasteiger partial charge on any atom is 0.278 e. The molecule has 136 valence electrons. The quantitative estimate of drug-likeness (QED) is 0.477. The third kappa shape index (κ3) is 3.14. The fraction of sp³-hybridized carbons (Fsp3) is 0.118. The van der Waals surface area contributed by atoms with Crippen LogP contribution in [0.1, 0.15) is 21.7 Å². The van der Waals surface area contributed by atoms with Gasteiger partial charge in [-0.25, -0.2) is 18.3 Å². The zero-order valence-electron chi connectivity index (χ0n) is 13.8. The number of nitrogens with one attached hydrogen (secondary N) is 2. The minimum absolute atomic E-state index is 0.0595. The standard InChI is InChI=1S/C17H15FN2O5S/c1-9-7-11(18)3-6-15(9)26(23,24)20-12-4-5-14-13(8-12)16(10(2)25-14)17(21)19-22/h3-8,20,22H,1-2H3,(H,19,21). The van der Waals surface area contributed by atoms with E-state index in [0.717, 1.165) is 12.1 Å². The molecular weight excluding hydrogens is 363 g/mol. The van der Waals surface area contributed by atoms with E-state index in [2.05, 4.69) is 4.72 Å². The summed E-state index contributed by atoms with van der Waals surface area (Å²) in [5.74, 6) is -1.02. The van der Waals surface area contributed by atoms with Crippen molar-refractivity contribution in [3.63, 3.8) is 0 Å². The molecule has 0 saturated carbocycles. The van der Waals surface area contributed by atoms with Crippen LogP contribution < -0.4 is 10.2 Å². The predicted molar refractivity (Wildman–Crippen MR) is 92.1 cm³/mol. The average Bonchev–Trinajstić information content (AvgIpc) is 2.88. The molecule has 3 aromatic rings. The Labute approximate surface area is 148 Å². The van der Waals surface area contributed by atoms with Crippen LogP contribution in [0.2, 0.25) is 0 Å². The Hall–Kier alpha value is -2.91. The fourth-order valence-corrected chi connectivity index (χ4v) is 4.02. The molecule has 0 atom stereocenters. The molecule has 2 aromatic carbocycles. The second kappa shape index (κ2) is 6.43. The molecule has 0 saturated heterocycles. The first-order chi connectivity index (χ1) is 12.2. The SMILES string of the molecule is Cc1cc(F)ccc1S(=O)(=O)Nc1ccc2oc(C)c(C(=O)NO)c2c1. The Bertz CT molecular complexity index is 1120. The van der Waals surface area contributed by atoms with E-state index in [1.54, 1.807) is 6.92 Å². The van der Waals surface area contributed by atoms with Gasteiger partial charge in [0.15, 0.2) is 0 Å². The number of hydrogen-bond acceptors (Lipinski definition) is 5. The minimum Gasteiger partial charge on any atom is -0.461 e. The number of benzene rings is 2. The van der Waals surface area contributed by atoms with E-state index in [9.17, 15) is 17.6 Å². The van der Waals surface area contributed by atoms with E-state index >= 15 is 0 Å². The van der Waals surface area contributed by atoms with Crippen LogP contribution in [0.4, 0.5) is 10.1 Å². The highest BCUT2D eigenvalue weighted by molar-refractivity contribution is 7.92. The van der Waals surface area contributed by atoms with Gasteiger partial charge in [-0.05, 0) is 55.8 Å². The molecule has 0 aliphatic heterocycles. The molecule has 0 unspecified atom stereocenters. The van der Waals surface area contributed by atoms with Crippen LogP contribution in [0.5, 0.6) is 0 Å². The van der Waals surface area contributed by atoms with E-state index in [0.29, 0.717) is 11.0 Å². The molecule has 0 aliphatic carbocycles. The van der Waals surface area contributed by atoms with E-state index in [-0.39, 0.29) is 27.5 Å². The lowest BCUT2D eigenvalue weighted by Gasteiger charge is -2.10. The highest BCUT2D eigenvalue weighted by Crippen LogP contribution is 2.29. The molecule has 26 heavy (non-hydrogen) atoms. The number of sulfonamides is 1. The summed E-state index contributed by atoms with van der Waals surface area (Å²) in [6.07, 6.45) is 0. The number of furan rings is 1. The summed E-state index contributed by atoms with van der Waals surface area (Å²) in [5.41, 5.74) is 2.45. The monoisotopic (exact) mass is 378 g/mol. The maximum absolute atomic E-state index is 13.2. The van der Waals surface area contributed by atoms with Crippen molar-refractivity contribution in [1.29, 1.82) is 0 Å². The zero-order valence-corrected chi connectivity index (χ0v) is 14.6. The van der Waals surface area contributed by atoms with Gasteiger partial charge in [0.25, 0.3) is 15.9 Å². The first kappa shape index (κ1) is 17.9. The first-order valence-electron chi connectivity index (χ1n) is 7.49. The third-order valence-corrected chi connectivity index (χ3v) is 5.41. The van der Waals surface area contributed by atoms with Crippen molar-refractivity contribution in [2.45, 2.75) is 18.7 Å². The van der Waals surface area contributed by atoms with E-state index < -0.39 is 21.7 Å². The highest BCUT2D eigenvalue weighted by atomic mass is 32.2. The zero-order chi connectivity index (χ0) is 19.1. The number of carbonyl (C=O) groups excluding carboxylic acids is 1. The lowest BCUT2D eigenvalue weighted by atomic mass is 10.1. The van der Waals surface area contributed by atoms with Gasteiger partial charge in [-0.3, -0.25) is 14.7 Å². The van der Waals surface area contributed by atoms with Gasteiger partial charge in [0.2, 0.25) is 0 Å². The summed E-state index contributed by atoms with van der Waals surface area (Å²) in [4.78, 5) is 11.7. The van der Waals surface area contributed by atoms with Crippen molar-refractivity contribution < 1.29 is 27.2 Å². The van der Waals surface area contributed by atoms with Gasteiger partial charge in [-0.15, -0.1) is 0 Å². The normalized spacial score (nSPS) is 11.5. The van der Waals surface area contributed by atoms with Crippen LogP contribution in [-0.4, -0.2) is 19.5 Å². The van der Waals surface area contributed by atoms with E-state index in [4.69, 9.17) is 9.62 Å². The number of amides is 1. The maximum atomic E-state index is 13.2. The molecule has 0 bridgehead atoms. The van der Waals surface area contributed by atoms with Crippen LogP contribution in [-0.2, 0) is 10.0 Å². The number of aryl methyl sites for hydroxylation is 2.